The zero-order chi connectivity index (χ0) is 18.9. The van der Waals surface area contributed by atoms with E-state index in [0.717, 1.165) is 28.2 Å². The van der Waals surface area contributed by atoms with Gasteiger partial charge < -0.3 is 4.90 Å². The second kappa shape index (κ2) is 6.88. The van der Waals surface area contributed by atoms with Crippen molar-refractivity contribution < 1.29 is 0 Å². The molecule has 5 rings (SSSR count). The van der Waals surface area contributed by atoms with E-state index in [1.54, 1.807) is 18.0 Å². The summed E-state index contributed by atoms with van der Waals surface area (Å²) < 4.78 is 0. The number of para-hydroxylation sites is 3. The van der Waals surface area contributed by atoms with E-state index in [0.29, 0.717) is 5.56 Å². The van der Waals surface area contributed by atoms with Crippen LogP contribution < -0.4 is 4.90 Å². The second-order valence-electron chi connectivity index (χ2n) is 6.46. The predicted molar refractivity (Wildman–Crippen MR) is 113 cm³/mol. The third kappa shape index (κ3) is 2.74. The molecular weight excluding hydrogens is 362 g/mol. The minimum absolute atomic E-state index is 0.558. The van der Waals surface area contributed by atoms with Gasteiger partial charge in [0.05, 0.1) is 22.6 Å². The van der Waals surface area contributed by atoms with Crippen molar-refractivity contribution in [2.45, 2.75) is 9.79 Å². The second-order valence-corrected chi connectivity index (χ2v) is 7.55. The summed E-state index contributed by atoms with van der Waals surface area (Å²) in [6.45, 7) is 0. The summed E-state index contributed by atoms with van der Waals surface area (Å²) in [6.07, 6.45) is 3.41. The fourth-order valence-corrected chi connectivity index (χ4v) is 4.58. The summed E-state index contributed by atoms with van der Waals surface area (Å²) in [4.78, 5) is 9.01. The lowest BCUT2D eigenvalue weighted by atomic mass is 10.0. The molecule has 132 valence electrons. The molecule has 0 radical (unpaired) electrons. The van der Waals surface area contributed by atoms with Crippen LogP contribution >= 0.6 is 11.8 Å². The first-order valence-electron chi connectivity index (χ1n) is 8.96. The number of pyridine rings is 1. The molecule has 0 saturated carbocycles. The van der Waals surface area contributed by atoms with E-state index in [9.17, 15) is 5.26 Å². The number of benzene rings is 3. The average molecular weight is 377 g/mol. The molecule has 0 fully saturated rings. The standard InChI is InChI=1S/C24H15N3S/c25-14-17-13-18(16-26-15-17)19-7-1-2-8-20(19)27-21-9-3-5-11-23(21)28-24-12-6-4-10-22(24)27/h1-13,15-16H. The highest BCUT2D eigenvalue weighted by Crippen LogP contribution is 2.52. The first-order chi connectivity index (χ1) is 13.8. The Bertz CT molecular complexity index is 1180. The number of rotatable bonds is 2. The van der Waals surface area contributed by atoms with Gasteiger partial charge in [-0.3, -0.25) is 4.98 Å². The van der Waals surface area contributed by atoms with Crippen LogP contribution in [-0.2, 0) is 0 Å². The van der Waals surface area contributed by atoms with E-state index in [4.69, 9.17) is 0 Å². The number of anilines is 3. The number of nitriles is 1. The topological polar surface area (TPSA) is 39.9 Å². The Kier molecular flexibility index (Phi) is 4.08. The van der Waals surface area contributed by atoms with Crippen LogP contribution in [0.2, 0.25) is 0 Å². The Morgan fingerprint density at radius 2 is 1.36 bits per heavy atom. The maximum Gasteiger partial charge on any atom is 0.101 e. The van der Waals surface area contributed by atoms with Gasteiger partial charge in [-0.25, -0.2) is 0 Å². The first kappa shape index (κ1) is 16.6. The van der Waals surface area contributed by atoms with Crippen molar-refractivity contribution >= 4 is 28.8 Å². The van der Waals surface area contributed by atoms with Crippen LogP contribution in [0.3, 0.4) is 0 Å². The minimum atomic E-state index is 0.558. The van der Waals surface area contributed by atoms with Gasteiger partial charge in [-0.15, -0.1) is 0 Å². The number of fused-ring (bicyclic) bond motifs is 2. The number of aromatic nitrogens is 1. The lowest BCUT2D eigenvalue weighted by Crippen LogP contribution is -2.15. The number of hydrogen-bond donors (Lipinski definition) is 0. The SMILES string of the molecule is N#Cc1cncc(-c2ccccc2N2c3ccccc3Sc3ccccc32)c1. The lowest BCUT2D eigenvalue weighted by Gasteiger charge is -2.34. The molecule has 0 aliphatic carbocycles. The van der Waals surface area contributed by atoms with Crippen LogP contribution in [0, 0.1) is 11.3 Å². The summed E-state index contributed by atoms with van der Waals surface area (Å²) in [6, 6.07) is 29.3. The van der Waals surface area contributed by atoms with Crippen molar-refractivity contribution in [2.75, 3.05) is 4.90 Å². The summed E-state index contributed by atoms with van der Waals surface area (Å²) in [5.74, 6) is 0. The van der Waals surface area contributed by atoms with Crippen LogP contribution in [0.15, 0.2) is 101 Å². The van der Waals surface area contributed by atoms with Gasteiger partial charge in [0.15, 0.2) is 0 Å². The lowest BCUT2D eigenvalue weighted by molar-refractivity contribution is 1.16. The van der Waals surface area contributed by atoms with E-state index in [-0.39, 0.29) is 0 Å². The van der Waals surface area contributed by atoms with Gasteiger partial charge in [-0.2, -0.15) is 5.26 Å². The van der Waals surface area contributed by atoms with Crippen molar-refractivity contribution in [1.29, 1.82) is 5.26 Å². The maximum atomic E-state index is 9.28. The highest BCUT2D eigenvalue weighted by atomic mass is 32.2. The van der Waals surface area contributed by atoms with Crippen LogP contribution in [0.5, 0.6) is 0 Å². The Hall–Kier alpha value is -3.55. The zero-order valence-corrected chi connectivity index (χ0v) is 15.7. The van der Waals surface area contributed by atoms with E-state index in [1.165, 1.54) is 9.79 Å². The van der Waals surface area contributed by atoms with Crippen LogP contribution in [0.1, 0.15) is 5.56 Å². The molecule has 2 heterocycles. The Balaban J connectivity index is 1.76. The largest absolute Gasteiger partial charge is 0.308 e. The van der Waals surface area contributed by atoms with Gasteiger partial charge in [0.2, 0.25) is 0 Å². The molecule has 0 atom stereocenters. The molecule has 0 saturated heterocycles. The van der Waals surface area contributed by atoms with Gasteiger partial charge in [-0.05, 0) is 36.4 Å². The molecule has 0 N–H and O–H groups in total. The third-order valence-corrected chi connectivity index (χ3v) is 5.89. The van der Waals surface area contributed by atoms with Crippen LogP contribution in [0.25, 0.3) is 11.1 Å². The number of hydrogen-bond acceptors (Lipinski definition) is 4. The van der Waals surface area contributed by atoms with Crippen molar-refractivity contribution in [3.8, 4) is 17.2 Å². The van der Waals surface area contributed by atoms with E-state index >= 15 is 0 Å². The van der Waals surface area contributed by atoms with Gasteiger partial charge in [0.25, 0.3) is 0 Å². The molecule has 1 aliphatic heterocycles. The highest BCUT2D eigenvalue weighted by molar-refractivity contribution is 7.99. The molecule has 0 unspecified atom stereocenters. The van der Waals surface area contributed by atoms with Crippen molar-refractivity contribution in [3.05, 3.63) is 96.8 Å². The Morgan fingerprint density at radius 3 is 2.04 bits per heavy atom. The Labute approximate surface area is 167 Å². The summed E-state index contributed by atoms with van der Waals surface area (Å²) in [5, 5.41) is 9.28. The van der Waals surface area contributed by atoms with E-state index < -0.39 is 0 Å². The molecule has 4 aromatic rings. The molecule has 3 nitrogen and oxygen atoms in total. The molecule has 4 heteroatoms. The van der Waals surface area contributed by atoms with Crippen molar-refractivity contribution in [3.63, 3.8) is 0 Å². The van der Waals surface area contributed by atoms with Gasteiger partial charge >= 0.3 is 0 Å². The monoisotopic (exact) mass is 377 g/mol. The fourth-order valence-electron chi connectivity index (χ4n) is 3.53. The predicted octanol–water partition coefficient (Wildman–Crippen LogP) is 6.55. The van der Waals surface area contributed by atoms with Gasteiger partial charge in [0.1, 0.15) is 6.07 Å². The van der Waals surface area contributed by atoms with E-state index in [2.05, 4.69) is 76.6 Å². The molecule has 0 bridgehead atoms. The first-order valence-corrected chi connectivity index (χ1v) is 9.77. The molecule has 3 aromatic carbocycles. The minimum Gasteiger partial charge on any atom is -0.308 e. The van der Waals surface area contributed by atoms with Crippen LogP contribution in [-0.4, -0.2) is 4.98 Å². The number of nitrogens with zero attached hydrogens (tertiary/aromatic N) is 3. The van der Waals surface area contributed by atoms with Gasteiger partial charge in [0, 0.05) is 33.3 Å². The summed E-state index contributed by atoms with van der Waals surface area (Å²) in [5.41, 5.74) is 5.92. The van der Waals surface area contributed by atoms with Crippen LogP contribution in [0.4, 0.5) is 17.1 Å². The van der Waals surface area contributed by atoms with Crippen molar-refractivity contribution in [1.82, 2.24) is 4.98 Å². The fraction of sp³-hybridized carbons (Fsp3) is 0. The summed E-state index contributed by atoms with van der Waals surface area (Å²) in [7, 11) is 0. The highest BCUT2D eigenvalue weighted by Gasteiger charge is 2.26. The third-order valence-electron chi connectivity index (χ3n) is 4.76. The summed E-state index contributed by atoms with van der Waals surface area (Å²) >= 11 is 1.79. The van der Waals surface area contributed by atoms with E-state index in [1.807, 2.05) is 24.4 Å². The van der Waals surface area contributed by atoms with Gasteiger partial charge in [-0.1, -0.05) is 54.2 Å². The maximum absolute atomic E-state index is 9.28. The molecule has 0 amide bonds. The molecular formula is C24H15N3S. The van der Waals surface area contributed by atoms with Crippen molar-refractivity contribution in [2.24, 2.45) is 0 Å². The zero-order valence-electron chi connectivity index (χ0n) is 14.9. The Morgan fingerprint density at radius 1 is 0.750 bits per heavy atom. The molecule has 1 aromatic heterocycles. The smallest absolute Gasteiger partial charge is 0.101 e. The molecule has 0 spiro atoms. The normalized spacial score (nSPS) is 12.0. The quantitative estimate of drug-likeness (QED) is 0.349. The average Bonchev–Trinajstić information content (AvgIpc) is 2.77. The molecule has 28 heavy (non-hydrogen) atoms. The molecule has 1 aliphatic rings.